The molecule has 140 valence electrons. The van der Waals surface area contributed by atoms with Gasteiger partial charge in [0.1, 0.15) is 5.75 Å². The van der Waals surface area contributed by atoms with Crippen molar-refractivity contribution in [1.29, 1.82) is 0 Å². The Morgan fingerprint density at radius 1 is 1.24 bits per heavy atom. The minimum atomic E-state index is 0.237. The van der Waals surface area contributed by atoms with Gasteiger partial charge in [0.25, 0.3) is 0 Å². The number of rotatable bonds is 7. The molecule has 1 amide bonds. The Labute approximate surface area is 152 Å². The summed E-state index contributed by atoms with van der Waals surface area (Å²) in [5.74, 6) is 1.11. The van der Waals surface area contributed by atoms with Crippen molar-refractivity contribution in [2.45, 2.75) is 32.2 Å². The number of methoxy groups -OCH3 is 1. The minimum absolute atomic E-state index is 0.237. The summed E-state index contributed by atoms with van der Waals surface area (Å²) in [5, 5.41) is 0. The highest BCUT2D eigenvalue weighted by Gasteiger charge is 2.26. The average Bonchev–Trinajstić information content (AvgIpc) is 2.56. The Bertz CT molecular complexity index is 566. The van der Waals surface area contributed by atoms with Crippen LogP contribution < -0.4 is 4.74 Å². The van der Waals surface area contributed by atoms with Gasteiger partial charge in [-0.25, -0.2) is 0 Å². The summed E-state index contributed by atoms with van der Waals surface area (Å²) in [5.41, 5.74) is 2.14. The fourth-order valence-corrected chi connectivity index (χ4v) is 3.45. The molecule has 0 N–H and O–H groups in total. The molecule has 0 saturated carbocycles. The zero-order valence-corrected chi connectivity index (χ0v) is 16.4. The summed E-state index contributed by atoms with van der Waals surface area (Å²) < 4.78 is 5.32. The van der Waals surface area contributed by atoms with Crippen LogP contribution in [0.2, 0.25) is 0 Å². The Morgan fingerprint density at radius 3 is 2.48 bits per heavy atom. The number of hydrogen-bond donors (Lipinski definition) is 0. The van der Waals surface area contributed by atoms with Crippen molar-refractivity contribution in [2.24, 2.45) is 0 Å². The van der Waals surface area contributed by atoms with Gasteiger partial charge in [0.2, 0.25) is 5.91 Å². The Hall–Kier alpha value is -1.59. The number of nitrogens with zero attached hydrogens (tertiary/aromatic N) is 3. The van der Waals surface area contributed by atoms with E-state index in [0.29, 0.717) is 12.5 Å². The van der Waals surface area contributed by atoms with Gasteiger partial charge in [-0.3, -0.25) is 4.79 Å². The number of carbonyl (C=O) groups excluding carboxylic acids is 1. The van der Waals surface area contributed by atoms with E-state index in [-0.39, 0.29) is 5.91 Å². The molecule has 0 aliphatic carbocycles. The van der Waals surface area contributed by atoms with E-state index in [0.717, 1.165) is 55.9 Å². The lowest BCUT2D eigenvalue weighted by Gasteiger charge is -2.38. The molecule has 5 heteroatoms. The standard InChI is InChI=1S/C20H33N3O2/c1-16-14-17(6-7-19(16)25-5)15-20(24)23(13-12-21(2)3)18-8-10-22(4)11-9-18/h6-7,14,18H,8-13,15H2,1-5H3. The van der Waals surface area contributed by atoms with Crippen molar-refractivity contribution < 1.29 is 9.53 Å². The number of likely N-dealkylation sites (N-methyl/N-ethyl adjacent to an activating group) is 1. The maximum absolute atomic E-state index is 13.0. The Kier molecular flexibility index (Phi) is 7.26. The number of hydrogen-bond acceptors (Lipinski definition) is 4. The smallest absolute Gasteiger partial charge is 0.227 e. The van der Waals surface area contributed by atoms with E-state index in [1.165, 1.54) is 0 Å². The van der Waals surface area contributed by atoms with Crippen LogP contribution in [0.1, 0.15) is 24.0 Å². The molecular formula is C20H33N3O2. The molecular weight excluding hydrogens is 314 g/mol. The van der Waals surface area contributed by atoms with Gasteiger partial charge in [-0.1, -0.05) is 12.1 Å². The van der Waals surface area contributed by atoms with Crippen molar-refractivity contribution >= 4 is 5.91 Å². The van der Waals surface area contributed by atoms with Gasteiger partial charge >= 0.3 is 0 Å². The minimum Gasteiger partial charge on any atom is -0.496 e. The first kappa shape index (κ1) is 19.7. The van der Waals surface area contributed by atoms with E-state index >= 15 is 0 Å². The maximum Gasteiger partial charge on any atom is 0.227 e. The normalized spacial score (nSPS) is 16.2. The van der Waals surface area contributed by atoms with Crippen molar-refractivity contribution in [3.8, 4) is 5.75 Å². The molecule has 1 heterocycles. The van der Waals surface area contributed by atoms with Gasteiger partial charge in [0.15, 0.2) is 0 Å². The molecule has 25 heavy (non-hydrogen) atoms. The van der Waals surface area contributed by atoms with E-state index in [9.17, 15) is 4.79 Å². The van der Waals surface area contributed by atoms with E-state index in [1.807, 2.05) is 19.1 Å². The summed E-state index contributed by atoms with van der Waals surface area (Å²) in [6.07, 6.45) is 2.60. The molecule has 0 bridgehead atoms. The number of benzene rings is 1. The summed E-state index contributed by atoms with van der Waals surface area (Å²) in [7, 11) is 7.95. The molecule has 0 spiro atoms. The predicted molar refractivity (Wildman–Crippen MR) is 102 cm³/mol. The first-order valence-corrected chi connectivity index (χ1v) is 9.17. The Morgan fingerprint density at radius 2 is 1.92 bits per heavy atom. The lowest BCUT2D eigenvalue weighted by molar-refractivity contribution is -0.133. The van der Waals surface area contributed by atoms with E-state index in [1.54, 1.807) is 7.11 Å². The van der Waals surface area contributed by atoms with Crippen LogP contribution in [0.15, 0.2) is 18.2 Å². The van der Waals surface area contributed by atoms with Crippen molar-refractivity contribution in [2.75, 3.05) is 54.4 Å². The van der Waals surface area contributed by atoms with Crippen LogP contribution in [-0.4, -0.2) is 81.1 Å². The fourth-order valence-electron chi connectivity index (χ4n) is 3.45. The molecule has 1 aromatic carbocycles. The predicted octanol–water partition coefficient (Wildman–Crippen LogP) is 2.03. The molecule has 0 radical (unpaired) electrons. The van der Waals surface area contributed by atoms with E-state index < -0.39 is 0 Å². The molecule has 0 unspecified atom stereocenters. The van der Waals surface area contributed by atoms with Crippen LogP contribution in [0.25, 0.3) is 0 Å². The van der Waals surface area contributed by atoms with Crippen molar-refractivity contribution in [3.05, 3.63) is 29.3 Å². The number of aryl methyl sites for hydroxylation is 1. The van der Waals surface area contributed by atoms with Crippen LogP contribution in [0, 0.1) is 6.92 Å². The quantitative estimate of drug-likeness (QED) is 0.756. The highest BCUT2D eigenvalue weighted by molar-refractivity contribution is 5.79. The Balaban J connectivity index is 2.07. The zero-order chi connectivity index (χ0) is 18.4. The molecule has 0 atom stereocenters. The second-order valence-electron chi connectivity index (χ2n) is 7.41. The van der Waals surface area contributed by atoms with Crippen LogP contribution in [0.4, 0.5) is 0 Å². The molecule has 1 aliphatic heterocycles. The van der Waals surface area contributed by atoms with Crippen molar-refractivity contribution in [3.63, 3.8) is 0 Å². The first-order valence-electron chi connectivity index (χ1n) is 9.17. The largest absolute Gasteiger partial charge is 0.496 e. The van der Waals surface area contributed by atoms with E-state index in [4.69, 9.17) is 4.74 Å². The van der Waals surface area contributed by atoms with E-state index in [2.05, 4.69) is 41.9 Å². The molecule has 2 rings (SSSR count). The highest BCUT2D eigenvalue weighted by atomic mass is 16.5. The fraction of sp³-hybridized carbons (Fsp3) is 0.650. The van der Waals surface area contributed by atoms with Gasteiger partial charge in [0.05, 0.1) is 13.5 Å². The van der Waals surface area contributed by atoms with Gasteiger partial charge in [-0.2, -0.15) is 0 Å². The van der Waals surface area contributed by atoms with Gasteiger partial charge in [-0.15, -0.1) is 0 Å². The van der Waals surface area contributed by atoms with Gasteiger partial charge in [0, 0.05) is 19.1 Å². The third kappa shape index (κ3) is 5.72. The van der Waals surface area contributed by atoms with Crippen LogP contribution in [0.3, 0.4) is 0 Å². The highest BCUT2D eigenvalue weighted by Crippen LogP contribution is 2.21. The van der Waals surface area contributed by atoms with Gasteiger partial charge < -0.3 is 19.4 Å². The summed E-state index contributed by atoms with van der Waals surface area (Å²) in [6.45, 7) is 5.86. The second-order valence-corrected chi connectivity index (χ2v) is 7.41. The lowest BCUT2D eigenvalue weighted by Crippen LogP contribution is -2.49. The topological polar surface area (TPSA) is 36.0 Å². The second kappa shape index (κ2) is 9.20. The third-order valence-corrected chi connectivity index (χ3v) is 5.05. The first-order chi connectivity index (χ1) is 11.9. The van der Waals surface area contributed by atoms with Crippen molar-refractivity contribution in [1.82, 2.24) is 14.7 Å². The number of likely N-dealkylation sites (tertiary alicyclic amines) is 1. The molecule has 0 aromatic heterocycles. The molecule has 1 aliphatic rings. The maximum atomic E-state index is 13.0. The summed E-state index contributed by atoms with van der Waals surface area (Å²) in [4.78, 5) is 19.6. The number of piperidine rings is 1. The summed E-state index contributed by atoms with van der Waals surface area (Å²) >= 11 is 0. The lowest BCUT2D eigenvalue weighted by atomic mass is 10.0. The van der Waals surface area contributed by atoms with Crippen LogP contribution >= 0.6 is 0 Å². The average molecular weight is 348 g/mol. The number of ether oxygens (including phenoxy) is 1. The molecule has 1 aromatic rings. The molecule has 1 fully saturated rings. The summed E-state index contributed by atoms with van der Waals surface area (Å²) in [6, 6.07) is 6.39. The SMILES string of the molecule is COc1ccc(CC(=O)N(CCN(C)C)C2CCN(C)CC2)cc1C. The number of amides is 1. The van der Waals surface area contributed by atoms with Crippen LogP contribution in [0.5, 0.6) is 5.75 Å². The number of carbonyl (C=O) groups is 1. The van der Waals surface area contributed by atoms with Gasteiger partial charge in [-0.05, 0) is 71.2 Å². The molecule has 5 nitrogen and oxygen atoms in total. The molecule has 1 saturated heterocycles. The monoisotopic (exact) mass is 347 g/mol. The third-order valence-electron chi connectivity index (χ3n) is 5.05. The van der Waals surface area contributed by atoms with Crippen LogP contribution in [-0.2, 0) is 11.2 Å². The zero-order valence-electron chi connectivity index (χ0n) is 16.4.